The van der Waals surface area contributed by atoms with Crippen LogP contribution in [-0.2, 0) is 9.53 Å². The highest BCUT2D eigenvalue weighted by Gasteiger charge is 2.06. The fraction of sp³-hybridized carbons (Fsp3) is 0.364. The monoisotopic (exact) mass is 262 g/mol. The minimum Gasteiger partial charge on any atom is -0.490 e. The molecular formula is C11H12Cl2O3. The van der Waals surface area contributed by atoms with Gasteiger partial charge in [-0.3, -0.25) is 4.79 Å². The van der Waals surface area contributed by atoms with Crippen molar-refractivity contribution >= 4 is 29.2 Å². The maximum Gasteiger partial charge on any atom is 0.305 e. The SMILES string of the molecule is COC(=O)CCCOc1c(Cl)cccc1Cl. The van der Waals surface area contributed by atoms with Crippen LogP contribution in [0.15, 0.2) is 18.2 Å². The first-order valence-corrected chi connectivity index (χ1v) is 5.54. The molecular weight excluding hydrogens is 251 g/mol. The van der Waals surface area contributed by atoms with Crippen LogP contribution in [-0.4, -0.2) is 19.7 Å². The summed E-state index contributed by atoms with van der Waals surface area (Å²) < 4.78 is 9.89. The first-order valence-electron chi connectivity index (χ1n) is 4.78. The molecule has 0 atom stereocenters. The summed E-state index contributed by atoms with van der Waals surface area (Å²) in [6, 6.07) is 5.14. The Hall–Kier alpha value is -0.930. The average Bonchev–Trinajstić information content (AvgIpc) is 2.27. The lowest BCUT2D eigenvalue weighted by Gasteiger charge is -2.08. The zero-order valence-electron chi connectivity index (χ0n) is 8.83. The molecule has 0 unspecified atom stereocenters. The molecule has 0 amide bonds. The van der Waals surface area contributed by atoms with Gasteiger partial charge < -0.3 is 9.47 Å². The van der Waals surface area contributed by atoms with Crippen molar-refractivity contribution in [2.75, 3.05) is 13.7 Å². The predicted molar refractivity (Wildman–Crippen MR) is 63.2 cm³/mol. The Balaban J connectivity index is 2.40. The Morgan fingerprint density at radius 3 is 2.50 bits per heavy atom. The summed E-state index contributed by atoms with van der Waals surface area (Å²) in [5.74, 6) is 0.199. The molecule has 3 nitrogen and oxygen atoms in total. The summed E-state index contributed by atoms with van der Waals surface area (Å²) in [4.78, 5) is 10.8. The number of para-hydroxylation sites is 1. The summed E-state index contributed by atoms with van der Waals surface area (Å²) >= 11 is 11.8. The predicted octanol–water partition coefficient (Wildman–Crippen LogP) is 3.33. The molecule has 1 rings (SSSR count). The third kappa shape index (κ3) is 3.91. The van der Waals surface area contributed by atoms with Gasteiger partial charge >= 0.3 is 5.97 Å². The van der Waals surface area contributed by atoms with Crippen molar-refractivity contribution in [3.8, 4) is 5.75 Å². The van der Waals surface area contributed by atoms with Crippen LogP contribution in [0.1, 0.15) is 12.8 Å². The second-order valence-corrected chi connectivity index (χ2v) is 3.89. The van der Waals surface area contributed by atoms with E-state index < -0.39 is 0 Å². The van der Waals surface area contributed by atoms with Crippen LogP contribution < -0.4 is 4.74 Å². The third-order valence-corrected chi connectivity index (χ3v) is 2.51. The van der Waals surface area contributed by atoms with Crippen LogP contribution in [0.4, 0.5) is 0 Å². The molecule has 0 radical (unpaired) electrons. The van der Waals surface area contributed by atoms with Crippen LogP contribution in [0.5, 0.6) is 5.75 Å². The van der Waals surface area contributed by atoms with Gasteiger partial charge in [-0.2, -0.15) is 0 Å². The number of carbonyl (C=O) groups excluding carboxylic acids is 1. The third-order valence-electron chi connectivity index (χ3n) is 1.92. The van der Waals surface area contributed by atoms with Gasteiger partial charge in [-0.05, 0) is 18.6 Å². The Morgan fingerprint density at radius 1 is 1.31 bits per heavy atom. The van der Waals surface area contributed by atoms with E-state index in [1.54, 1.807) is 18.2 Å². The van der Waals surface area contributed by atoms with Gasteiger partial charge in [0.15, 0.2) is 5.75 Å². The van der Waals surface area contributed by atoms with Gasteiger partial charge in [0, 0.05) is 6.42 Å². The smallest absolute Gasteiger partial charge is 0.305 e. The highest BCUT2D eigenvalue weighted by molar-refractivity contribution is 6.37. The molecule has 0 aliphatic rings. The van der Waals surface area contributed by atoms with Gasteiger partial charge in [0.2, 0.25) is 0 Å². The molecule has 0 fully saturated rings. The molecule has 0 aromatic heterocycles. The number of rotatable bonds is 5. The Kier molecular flexibility index (Phi) is 5.43. The van der Waals surface area contributed by atoms with E-state index in [2.05, 4.69) is 4.74 Å². The van der Waals surface area contributed by atoms with Crippen molar-refractivity contribution in [1.82, 2.24) is 0 Å². The second-order valence-electron chi connectivity index (χ2n) is 3.08. The van der Waals surface area contributed by atoms with Crippen molar-refractivity contribution in [2.45, 2.75) is 12.8 Å². The van der Waals surface area contributed by atoms with Crippen LogP contribution in [0.2, 0.25) is 10.0 Å². The van der Waals surface area contributed by atoms with Crippen molar-refractivity contribution in [1.29, 1.82) is 0 Å². The number of esters is 1. The van der Waals surface area contributed by atoms with E-state index in [0.717, 1.165) is 0 Å². The second kappa shape index (κ2) is 6.61. The summed E-state index contributed by atoms with van der Waals surface area (Å²) in [7, 11) is 1.36. The molecule has 1 aromatic rings. The van der Waals surface area contributed by atoms with Gasteiger partial charge in [0.1, 0.15) is 0 Å². The van der Waals surface area contributed by atoms with Gasteiger partial charge in [-0.1, -0.05) is 29.3 Å². The molecule has 0 aliphatic heterocycles. The number of halogens is 2. The van der Waals surface area contributed by atoms with Crippen LogP contribution in [0.3, 0.4) is 0 Å². The number of methoxy groups -OCH3 is 1. The highest BCUT2D eigenvalue weighted by atomic mass is 35.5. The van der Waals surface area contributed by atoms with E-state index in [9.17, 15) is 4.79 Å². The van der Waals surface area contributed by atoms with E-state index in [1.807, 2.05) is 0 Å². The number of benzene rings is 1. The fourth-order valence-electron chi connectivity index (χ4n) is 1.11. The normalized spacial score (nSPS) is 9.94. The first kappa shape index (κ1) is 13.1. The van der Waals surface area contributed by atoms with Crippen molar-refractivity contribution in [2.24, 2.45) is 0 Å². The quantitative estimate of drug-likeness (QED) is 0.603. The lowest BCUT2D eigenvalue weighted by molar-refractivity contribution is -0.140. The molecule has 1 aromatic carbocycles. The fourth-order valence-corrected chi connectivity index (χ4v) is 1.62. The topological polar surface area (TPSA) is 35.5 Å². The van der Waals surface area contributed by atoms with E-state index in [-0.39, 0.29) is 5.97 Å². The van der Waals surface area contributed by atoms with E-state index in [4.69, 9.17) is 27.9 Å². The van der Waals surface area contributed by atoms with E-state index in [0.29, 0.717) is 35.2 Å². The lowest BCUT2D eigenvalue weighted by atomic mass is 10.3. The molecule has 0 heterocycles. The number of hydrogen-bond acceptors (Lipinski definition) is 3. The summed E-state index contributed by atoms with van der Waals surface area (Å²) in [6.07, 6.45) is 0.882. The maximum atomic E-state index is 10.8. The molecule has 0 N–H and O–H groups in total. The number of hydrogen-bond donors (Lipinski definition) is 0. The molecule has 0 aliphatic carbocycles. The van der Waals surface area contributed by atoms with Crippen LogP contribution in [0, 0.1) is 0 Å². The van der Waals surface area contributed by atoms with Gasteiger partial charge in [0.05, 0.1) is 23.8 Å². The van der Waals surface area contributed by atoms with Gasteiger partial charge in [-0.15, -0.1) is 0 Å². The molecule has 5 heteroatoms. The summed E-state index contributed by atoms with van der Waals surface area (Å²) in [5, 5.41) is 0.927. The number of carbonyl (C=O) groups is 1. The van der Waals surface area contributed by atoms with E-state index >= 15 is 0 Å². The Labute approximate surface area is 104 Å². The largest absolute Gasteiger partial charge is 0.490 e. The molecule has 0 saturated heterocycles. The average molecular weight is 263 g/mol. The molecule has 16 heavy (non-hydrogen) atoms. The molecule has 88 valence electrons. The maximum absolute atomic E-state index is 10.8. The van der Waals surface area contributed by atoms with Crippen molar-refractivity contribution in [3.63, 3.8) is 0 Å². The van der Waals surface area contributed by atoms with Crippen LogP contribution in [0.25, 0.3) is 0 Å². The highest BCUT2D eigenvalue weighted by Crippen LogP contribution is 2.32. The summed E-state index contributed by atoms with van der Waals surface area (Å²) in [6.45, 7) is 0.374. The standard InChI is InChI=1S/C11H12Cl2O3/c1-15-10(14)6-3-7-16-11-8(12)4-2-5-9(11)13/h2,4-5H,3,6-7H2,1H3. The number of ether oxygens (including phenoxy) is 2. The first-order chi connectivity index (χ1) is 7.65. The van der Waals surface area contributed by atoms with Crippen molar-refractivity contribution < 1.29 is 14.3 Å². The Bertz CT molecular complexity index is 346. The minimum absolute atomic E-state index is 0.256. The van der Waals surface area contributed by atoms with Gasteiger partial charge in [0.25, 0.3) is 0 Å². The molecule has 0 saturated carbocycles. The zero-order chi connectivity index (χ0) is 12.0. The van der Waals surface area contributed by atoms with E-state index in [1.165, 1.54) is 7.11 Å². The molecule has 0 spiro atoms. The Morgan fingerprint density at radius 2 is 1.94 bits per heavy atom. The minimum atomic E-state index is -0.256. The molecule has 0 bridgehead atoms. The zero-order valence-corrected chi connectivity index (χ0v) is 10.3. The van der Waals surface area contributed by atoms with Crippen LogP contribution >= 0.6 is 23.2 Å². The lowest BCUT2D eigenvalue weighted by Crippen LogP contribution is -2.04. The summed E-state index contributed by atoms with van der Waals surface area (Å²) in [5.41, 5.74) is 0. The van der Waals surface area contributed by atoms with Gasteiger partial charge in [-0.25, -0.2) is 0 Å². The van der Waals surface area contributed by atoms with Crippen molar-refractivity contribution in [3.05, 3.63) is 28.2 Å².